The number of pyridine rings is 1. The van der Waals surface area contributed by atoms with E-state index in [0.29, 0.717) is 4.47 Å². The second-order valence-corrected chi connectivity index (χ2v) is 4.21. The highest BCUT2D eigenvalue weighted by Gasteiger charge is 2.37. The van der Waals surface area contributed by atoms with Crippen LogP contribution in [-0.4, -0.2) is 36.1 Å². The van der Waals surface area contributed by atoms with Crippen molar-refractivity contribution < 1.29 is 24.0 Å². The van der Waals surface area contributed by atoms with Gasteiger partial charge in [-0.3, -0.25) is 24.7 Å². The minimum Gasteiger partial charge on any atom is -0.468 e. The van der Waals surface area contributed by atoms with E-state index in [9.17, 15) is 19.7 Å². The van der Waals surface area contributed by atoms with Crippen LogP contribution in [0.25, 0.3) is 0 Å². The molecular weight excluding hydrogens is 324 g/mol. The van der Waals surface area contributed by atoms with Crippen molar-refractivity contribution in [1.82, 2.24) is 4.98 Å². The largest absolute Gasteiger partial charge is 0.468 e. The first-order chi connectivity index (χ1) is 8.92. The van der Waals surface area contributed by atoms with E-state index in [-0.39, 0.29) is 5.69 Å². The molecule has 1 heterocycles. The number of rotatable bonds is 4. The number of nitro groups is 1. The van der Waals surface area contributed by atoms with Crippen molar-refractivity contribution in [2.45, 2.75) is 5.92 Å². The van der Waals surface area contributed by atoms with Crippen LogP contribution in [0.15, 0.2) is 16.7 Å². The molecule has 9 heteroatoms. The lowest BCUT2D eigenvalue weighted by molar-refractivity contribution is -0.386. The zero-order valence-electron chi connectivity index (χ0n) is 9.95. The van der Waals surface area contributed by atoms with E-state index >= 15 is 0 Å². The van der Waals surface area contributed by atoms with Crippen molar-refractivity contribution in [2.75, 3.05) is 14.2 Å². The summed E-state index contributed by atoms with van der Waals surface area (Å²) >= 11 is 3.02. The Morgan fingerprint density at radius 3 is 2.32 bits per heavy atom. The van der Waals surface area contributed by atoms with Gasteiger partial charge in [0.2, 0.25) is 5.92 Å². The number of halogens is 1. The zero-order valence-corrected chi connectivity index (χ0v) is 11.5. The molecule has 19 heavy (non-hydrogen) atoms. The molecule has 0 spiro atoms. The first kappa shape index (κ1) is 15.0. The van der Waals surface area contributed by atoms with Gasteiger partial charge < -0.3 is 9.47 Å². The van der Waals surface area contributed by atoms with E-state index in [1.807, 2.05) is 0 Å². The fraction of sp³-hybridized carbons (Fsp3) is 0.300. The Hall–Kier alpha value is -2.03. The lowest BCUT2D eigenvalue weighted by Crippen LogP contribution is -2.26. The summed E-state index contributed by atoms with van der Waals surface area (Å²) in [7, 11) is 2.12. The van der Waals surface area contributed by atoms with Crippen LogP contribution in [0.2, 0.25) is 0 Å². The molecule has 102 valence electrons. The van der Waals surface area contributed by atoms with Crippen molar-refractivity contribution in [3.63, 3.8) is 0 Å². The molecule has 1 aromatic rings. The van der Waals surface area contributed by atoms with Crippen LogP contribution in [0, 0.1) is 10.1 Å². The number of methoxy groups -OCH3 is 2. The maximum atomic E-state index is 11.6. The molecule has 0 fully saturated rings. The number of aromatic nitrogens is 1. The second kappa shape index (κ2) is 6.23. The summed E-state index contributed by atoms with van der Waals surface area (Å²) in [6.07, 6.45) is 1.24. The first-order valence-electron chi connectivity index (χ1n) is 4.87. The summed E-state index contributed by atoms with van der Waals surface area (Å²) in [6.45, 7) is 0. The van der Waals surface area contributed by atoms with Gasteiger partial charge in [0, 0.05) is 16.7 Å². The van der Waals surface area contributed by atoms with E-state index in [0.717, 1.165) is 20.3 Å². The summed E-state index contributed by atoms with van der Waals surface area (Å²) in [5, 5.41) is 10.9. The molecule has 1 aromatic heterocycles. The predicted molar refractivity (Wildman–Crippen MR) is 65.4 cm³/mol. The molecule has 0 aliphatic carbocycles. The van der Waals surface area contributed by atoms with Gasteiger partial charge in [-0.1, -0.05) is 0 Å². The zero-order chi connectivity index (χ0) is 14.6. The molecule has 0 aromatic carbocycles. The smallest absolute Gasteiger partial charge is 0.326 e. The summed E-state index contributed by atoms with van der Waals surface area (Å²) in [5.41, 5.74) is -0.804. The number of hydrogen-bond donors (Lipinski definition) is 0. The monoisotopic (exact) mass is 332 g/mol. The Morgan fingerprint density at radius 1 is 1.37 bits per heavy atom. The quantitative estimate of drug-likeness (QED) is 0.352. The van der Waals surface area contributed by atoms with E-state index in [1.165, 1.54) is 6.20 Å². The van der Waals surface area contributed by atoms with Gasteiger partial charge in [0.15, 0.2) is 0 Å². The van der Waals surface area contributed by atoms with Gasteiger partial charge in [-0.05, 0) is 15.9 Å². The molecule has 0 atom stereocenters. The van der Waals surface area contributed by atoms with Gasteiger partial charge in [0.1, 0.15) is 5.69 Å². The van der Waals surface area contributed by atoms with Crippen molar-refractivity contribution in [1.29, 1.82) is 0 Å². The fourth-order valence-corrected chi connectivity index (χ4v) is 1.68. The van der Waals surface area contributed by atoms with Crippen molar-refractivity contribution in [3.8, 4) is 0 Å². The van der Waals surface area contributed by atoms with Gasteiger partial charge >= 0.3 is 11.9 Å². The normalized spacial score (nSPS) is 10.1. The van der Waals surface area contributed by atoms with E-state index in [2.05, 4.69) is 30.4 Å². The van der Waals surface area contributed by atoms with E-state index in [4.69, 9.17) is 0 Å². The van der Waals surface area contributed by atoms with E-state index in [1.54, 1.807) is 0 Å². The highest BCUT2D eigenvalue weighted by atomic mass is 79.9. The lowest BCUT2D eigenvalue weighted by atomic mass is 10.0. The molecule has 1 rings (SSSR count). The third-order valence-electron chi connectivity index (χ3n) is 2.21. The SMILES string of the molecule is COC(=O)C(C(=O)OC)c1ncc(Br)cc1[N+](=O)[O-]. The highest BCUT2D eigenvalue weighted by molar-refractivity contribution is 9.10. The van der Waals surface area contributed by atoms with Gasteiger partial charge in [-0.2, -0.15) is 0 Å². The third-order valence-corrected chi connectivity index (χ3v) is 2.64. The fourth-order valence-electron chi connectivity index (χ4n) is 1.36. The van der Waals surface area contributed by atoms with E-state index < -0.39 is 28.5 Å². The first-order valence-corrected chi connectivity index (χ1v) is 5.67. The minimum atomic E-state index is -1.59. The van der Waals surface area contributed by atoms with Crippen molar-refractivity contribution in [2.24, 2.45) is 0 Å². The van der Waals surface area contributed by atoms with Crippen molar-refractivity contribution >= 4 is 33.6 Å². The van der Waals surface area contributed by atoms with Gasteiger partial charge in [-0.25, -0.2) is 0 Å². The Morgan fingerprint density at radius 2 is 1.89 bits per heavy atom. The van der Waals surface area contributed by atoms with Gasteiger partial charge in [0.25, 0.3) is 5.69 Å². The number of carbonyl (C=O) groups is 2. The summed E-state index contributed by atoms with van der Waals surface area (Å²) < 4.78 is 9.23. The van der Waals surface area contributed by atoms with Crippen LogP contribution in [0.3, 0.4) is 0 Å². The molecule has 0 aliphatic rings. The highest BCUT2D eigenvalue weighted by Crippen LogP contribution is 2.29. The van der Waals surface area contributed by atoms with Crippen molar-refractivity contribution in [3.05, 3.63) is 32.5 Å². The Kier molecular flexibility index (Phi) is 4.93. The van der Waals surface area contributed by atoms with Gasteiger partial charge in [-0.15, -0.1) is 0 Å². The van der Waals surface area contributed by atoms with Crippen LogP contribution in [0.1, 0.15) is 11.6 Å². The molecule has 0 N–H and O–H groups in total. The molecule has 0 saturated heterocycles. The van der Waals surface area contributed by atoms with Gasteiger partial charge in [0.05, 0.1) is 19.1 Å². The molecule has 0 amide bonds. The maximum Gasteiger partial charge on any atom is 0.326 e. The molecule has 0 radical (unpaired) electrons. The number of ether oxygens (including phenoxy) is 2. The molecule has 0 bridgehead atoms. The minimum absolute atomic E-state index is 0.327. The van der Waals surface area contributed by atoms with Crippen LogP contribution in [-0.2, 0) is 19.1 Å². The topological polar surface area (TPSA) is 109 Å². The third kappa shape index (κ3) is 3.25. The number of esters is 2. The summed E-state index contributed by atoms with van der Waals surface area (Å²) in [5.74, 6) is -3.56. The van der Waals surface area contributed by atoms with Crippen LogP contribution < -0.4 is 0 Å². The average molecular weight is 333 g/mol. The Balaban J connectivity index is 3.41. The molecule has 0 unspecified atom stereocenters. The number of carbonyl (C=O) groups excluding carboxylic acids is 2. The second-order valence-electron chi connectivity index (χ2n) is 3.29. The molecular formula is C10H9BrN2O6. The summed E-state index contributed by atoms with van der Waals surface area (Å²) in [4.78, 5) is 37.1. The van der Waals surface area contributed by atoms with Crippen LogP contribution in [0.5, 0.6) is 0 Å². The molecule has 8 nitrogen and oxygen atoms in total. The Labute approximate surface area is 116 Å². The number of nitrogens with zero attached hydrogens (tertiary/aromatic N) is 2. The predicted octanol–water partition coefficient (Wildman–Crippen LogP) is 1.18. The number of hydrogen-bond acceptors (Lipinski definition) is 7. The maximum absolute atomic E-state index is 11.6. The summed E-state index contributed by atoms with van der Waals surface area (Å²) in [6, 6.07) is 1.14. The standard InChI is InChI=1S/C10H9BrN2O6/c1-18-9(14)7(10(15)19-2)8-6(13(16)17)3-5(11)4-12-8/h3-4,7H,1-2H3. The Bertz CT molecular complexity index is 517. The average Bonchev–Trinajstić information content (AvgIpc) is 2.39. The van der Waals surface area contributed by atoms with Crippen LogP contribution in [0.4, 0.5) is 5.69 Å². The molecule has 0 saturated carbocycles. The van der Waals surface area contributed by atoms with Crippen LogP contribution >= 0.6 is 15.9 Å². The molecule has 0 aliphatic heterocycles. The lowest BCUT2D eigenvalue weighted by Gasteiger charge is -2.12.